The lowest BCUT2D eigenvalue weighted by Gasteiger charge is -2.51. The number of piperidine rings is 2. The topological polar surface area (TPSA) is 31.5 Å². The molecule has 0 aromatic heterocycles. The van der Waals surface area contributed by atoms with Gasteiger partial charge in [-0.25, -0.2) is 0 Å². The van der Waals surface area contributed by atoms with Gasteiger partial charge in [0, 0.05) is 0 Å². The van der Waals surface area contributed by atoms with Crippen molar-refractivity contribution in [3.63, 3.8) is 0 Å². The Hall–Kier alpha value is -0.120. The zero-order valence-electron chi connectivity index (χ0n) is 11.6. The lowest BCUT2D eigenvalue weighted by atomic mass is 9.72. The molecule has 96 valence electrons. The molecule has 0 aromatic rings. The molecular formula is C13H30N2O+2. The zero-order valence-corrected chi connectivity index (χ0v) is 11.6. The lowest BCUT2D eigenvalue weighted by molar-refractivity contribution is -0.932. The maximum Gasteiger partial charge on any atom is 0.0894 e. The van der Waals surface area contributed by atoms with Gasteiger partial charge in [0.2, 0.25) is 0 Å². The summed E-state index contributed by atoms with van der Waals surface area (Å²) in [6, 6.07) is 0. The van der Waals surface area contributed by atoms with E-state index in [2.05, 4.69) is 28.2 Å². The number of quaternary nitrogens is 2. The van der Waals surface area contributed by atoms with Crippen molar-refractivity contribution >= 4 is 0 Å². The Kier molecular flexibility index (Phi) is 3.73. The SMILES string of the molecule is C[N+]1(C)CCCC2(CCC[N+](C)(C)C2)C1.O. The molecule has 2 aliphatic rings. The maximum atomic E-state index is 2.41. The average molecular weight is 230 g/mol. The fourth-order valence-electron chi connectivity index (χ4n) is 4.23. The molecule has 0 bridgehead atoms. The Balaban J connectivity index is 0.00000128. The molecule has 2 heterocycles. The van der Waals surface area contributed by atoms with Crippen LogP contribution in [0.25, 0.3) is 0 Å². The highest BCUT2D eigenvalue weighted by atomic mass is 16.0. The highest BCUT2D eigenvalue weighted by Gasteiger charge is 2.47. The number of hydrogen-bond donors (Lipinski definition) is 0. The van der Waals surface area contributed by atoms with Crippen LogP contribution < -0.4 is 0 Å². The summed E-state index contributed by atoms with van der Waals surface area (Å²) in [6.07, 6.45) is 5.84. The molecule has 0 aliphatic carbocycles. The molecule has 16 heavy (non-hydrogen) atoms. The Bertz CT molecular complexity index is 222. The van der Waals surface area contributed by atoms with Crippen LogP contribution in [0.5, 0.6) is 0 Å². The van der Waals surface area contributed by atoms with Crippen LogP contribution >= 0.6 is 0 Å². The van der Waals surface area contributed by atoms with Crippen molar-refractivity contribution in [1.29, 1.82) is 0 Å². The second-order valence-corrected chi connectivity index (χ2v) is 7.34. The lowest BCUT2D eigenvalue weighted by Crippen LogP contribution is -2.61. The van der Waals surface area contributed by atoms with Gasteiger partial charge in [-0.15, -0.1) is 0 Å². The molecule has 3 nitrogen and oxygen atoms in total. The fourth-order valence-corrected chi connectivity index (χ4v) is 4.23. The van der Waals surface area contributed by atoms with E-state index in [0.29, 0.717) is 5.41 Å². The van der Waals surface area contributed by atoms with Crippen molar-refractivity contribution in [2.45, 2.75) is 25.7 Å². The first-order valence-corrected chi connectivity index (χ1v) is 6.47. The van der Waals surface area contributed by atoms with E-state index in [4.69, 9.17) is 0 Å². The molecule has 0 radical (unpaired) electrons. The third-order valence-electron chi connectivity index (χ3n) is 4.47. The van der Waals surface area contributed by atoms with Gasteiger partial charge >= 0.3 is 0 Å². The summed E-state index contributed by atoms with van der Waals surface area (Å²) in [6.45, 7) is 5.59. The molecular weight excluding hydrogens is 200 g/mol. The van der Waals surface area contributed by atoms with Gasteiger partial charge in [0.1, 0.15) is 0 Å². The first-order valence-electron chi connectivity index (χ1n) is 6.47. The summed E-state index contributed by atoms with van der Waals surface area (Å²) in [5.41, 5.74) is 0.670. The predicted octanol–water partition coefficient (Wildman–Crippen LogP) is 0.888. The van der Waals surface area contributed by atoms with Gasteiger partial charge in [-0.3, -0.25) is 0 Å². The second-order valence-electron chi connectivity index (χ2n) is 7.34. The Morgan fingerprint density at radius 1 is 0.750 bits per heavy atom. The maximum absolute atomic E-state index is 2.41. The molecule has 1 spiro atoms. The molecule has 0 aromatic carbocycles. The normalized spacial score (nSPS) is 30.8. The molecule has 2 fully saturated rings. The summed E-state index contributed by atoms with van der Waals surface area (Å²) in [5.74, 6) is 0. The van der Waals surface area contributed by atoms with E-state index in [1.807, 2.05) is 0 Å². The number of nitrogens with zero attached hydrogens (tertiary/aromatic N) is 2. The number of hydrogen-bond acceptors (Lipinski definition) is 0. The van der Waals surface area contributed by atoms with Crippen LogP contribution in [0, 0.1) is 5.41 Å². The van der Waals surface area contributed by atoms with Crippen molar-refractivity contribution < 1.29 is 14.4 Å². The highest BCUT2D eigenvalue weighted by Crippen LogP contribution is 2.41. The van der Waals surface area contributed by atoms with E-state index in [9.17, 15) is 0 Å². The van der Waals surface area contributed by atoms with Gasteiger partial charge in [-0.05, 0) is 25.7 Å². The van der Waals surface area contributed by atoms with Gasteiger partial charge in [0.25, 0.3) is 0 Å². The van der Waals surface area contributed by atoms with Crippen LogP contribution in [-0.2, 0) is 0 Å². The molecule has 3 heteroatoms. The summed E-state index contributed by atoms with van der Waals surface area (Å²) >= 11 is 0. The van der Waals surface area contributed by atoms with E-state index >= 15 is 0 Å². The van der Waals surface area contributed by atoms with Crippen LogP contribution in [0.1, 0.15) is 25.7 Å². The molecule has 2 aliphatic heterocycles. The summed E-state index contributed by atoms with van der Waals surface area (Å²) in [7, 11) is 9.65. The monoisotopic (exact) mass is 230 g/mol. The van der Waals surface area contributed by atoms with Crippen LogP contribution in [0.3, 0.4) is 0 Å². The van der Waals surface area contributed by atoms with E-state index in [-0.39, 0.29) is 5.48 Å². The van der Waals surface area contributed by atoms with Crippen LogP contribution in [0.4, 0.5) is 0 Å². The van der Waals surface area contributed by atoms with Gasteiger partial charge in [0.05, 0.1) is 59.8 Å². The number of rotatable bonds is 0. The van der Waals surface area contributed by atoms with Crippen LogP contribution in [0.15, 0.2) is 0 Å². The highest BCUT2D eigenvalue weighted by molar-refractivity contribution is 4.84. The Morgan fingerprint density at radius 3 is 1.44 bits per heavy atom. The fraction of sp³-hybridized carbons (Fsp3) is 1.00. The van der Waals surface area contributed by atoms with E-state index in [1.54, 1.807) is 0 Å². The van der Waals surface area contributed by atoms with Crippen LogP contribution in [0.2, 0.25) is 0 Å². The first-order chi connectivity index (χ1) is 6.83. The van der Waals surface area contributed by atoms with Gasteiger partial charge in [0.15, 0.2) is 0 Å². The zero-order chi connectivity index (χ0) is 11.2. The van der Waals surface area contributed by atoms with Crippen molar-refractivity contribution in [3.8, 4) is 0 Å². The van der Waals surface area contributed by atoms with Crippen LogP contribution in [-0.4, -0.2) is 68.8 Å². The molecule has 0 atom stereocenters. The molecule has 0 saturated carbocycles. The van der Waals surface area contributed by atoms with E-state index < -0.39 is 0 Å². The number of likely N-dealkylation sites (tertiary alicyclic amines) is 2. The standard InChI is InChI=1S/C13H28N2.H2O/c1-14(2)9-5-7-13(11-14)8-6-10-15(3,4)12-13;/h5-12H2,1-4H3;1H2/q+2;. The minimum Gasteiger partial charge on any atom is -0.412 e. The Labute approximate surface area is 101 Å². The Morgan fingerprint density at radius 2 is 1.12 bits per heavy atom. The van der Waals surface area contributed by atoms with Crippen molar-refractivity contribution in [1.82, 2.24) is 0 Å². The molecule has 2 N–H and O–H groups in total. The minimum absolute atomic E-state index is 0. The van der Waals surface area contributed by atoms with Gasteiger partial charge < -0.3 is 14.4 Å². The van der Waals surface area contributed by atoms with Crippen molar-refractivity contribution in [3.05, 3.63) is 0 Å². The molecule has 2 rings (SSSR count). The predicted molar refractivity (Wildman–Crippen MR) is 68.2 cm³/mol. The largest absolute Gasteiger partial charge is 0.412 e. The quantitative estimate of drug-likeness (QED) is 0.554. The first kappa shape index (κ1) is 13.9. The third kappa shape index (κ3) is 2.96. The average Bonchev–Trinajstić information content (AvgIpc) is 1.98. The third-order valence-corrected chi connectivity index (χ3v) is 4.47. The van der Waals surface area contributed by atoms with Crippen molar-refractivity contribution in [2.24, 2.45) is 5.41 Å². The molecule has 0 unspecified atom stereocenters. The summed E-state index contributed by atoms with van der Waals surface area (Å²) in [4.78, 5) is 0. The van der Waals surface area contributed by atoms with Gasteiger partial charge in [-0.1, -0.05) is 0 Å². The smallest absolute Gasteiger partial charge is 0.0894 e. The second kappa shape index (κ2) is 4.28. The molecule has 0 amide bonds. The van der Waals surface area contributed by atoms with Gasteiger partial charge in [-0.2, -0.15) is 0 Å². The summed E-state index contributed by atoms with van der Waals surface area (Å²) < 4.78 is 2.50. The van der Waals surface area contributed by atoms with E-state index in [0.717, 1.165) is 0 Å². The van der Waals surface area contributed by atoms with Crippen molar-refractivity contribution in [2.75, 3.05) is 54.4 Å². The summed E-state index contributed by atoms with van der Waals surface area (Å²) in [5, 5.41) is 0. The molecule has 2 saturated heterocycles. The van der Waals surface area contributed by atoms with E-state index in [1.165, 1.54) is 60.8 Å². The minimum atomic E-state index is 0.